The van der Waals surface area contributed by atoms with Gasteiger partial charge in [0.25, 0.3) is 5.56 Å². The third-order valence-corrected chi connectivity index (χ3v) is 6.62. The molecule has 1 atom stereocenters. The van der Waals surface area contributed by atoms with Crippen molar-refractivity contribution in [3.05, 3.63) is 132 Å². The van der Waals surface area contributed by atoms with Gasteiger partial charge in [0.1, 0.15) is 0 Å². The Morgan fingerprint density at radius 2 is 1.70 bits per heavy atom. The number of carboxylic acids is 1. The summed E-state index contributed by atoms with van der Waals surface area (Å²) in [7, 11) is 0. The molecule has 0 radical (unpaired) electrons. The Morgan fingerprint density at radius 1 is 1.00 bits per heavy atom. The number of allylic oxidation sites excluding steroid dienone is 1. The second kappa shape index (κ2) is 8.65. The minimum atomic E-state index is -0.989. The summed E-state index contributed by atoms with van der Waals surface area (Å²) in [6.07, 6.45) is 3.76. The van der Waals surface area contributed by atoms with E-state index in [1.165, 1.54) is 23.5 Å². The van der Waals surface area contributed by atoms with E-state index in [1.807, 2.05) is 60.7 Å². The molecule has 0 fully saturated rings. The lowest BCUT2D eigenvalue weighted by atomic mass is 10.0. The topological polar surface area (TPSA) is 71.7 Å². The first kappa shape index (κ1) is 21.1. The van der Waals surface area contributed by atoms with Gasteiger partial charge in [-0.25, -0.2) is 9.79 Å². The number of carboxylic acid groups (broad SMARTS) is 1. The predicted octanol–water partition coefficient (Wildman–Crippen LogP) is 4.35. The number of aromatic nitrogens is 1. The Labute approximate surface area is 197 Å². The molecule has 1 aromatic heterocycles. The second-order valence-corrected chi connectivity index (χ2v) is 8.97. The van der Waals surface area contributed by atoms with E-state index in [9.17, 15) is 9.59 Å². The van der Waals surface area contributed by atoms with Gasteiger partial charge >= 0.3 is 5.97 Å². The first-order valence-corrected chi connectivity index (χ1v) is 11.4. The van der Waals surface area contributed by atoms with Crippen molar-refractivity contribution in [3.63, 3.8) is 0 Å². The summed E-state index contributed by atoms with van der Waals surface area (Å²) in [5.74, 6) is -0.989. The Kier molecular flexibility index (Phi) is 5.54. The van der Waals surface area contributed by atoms with Gasteiger partial charge in [0.15, 0.2) is 4.80 Å². The highest BCUT2D eigenvalue weighted by atomic mass is 35.5. The van der Waals surface area contributed by atoms with Crippen LogP contribution >= 0.6 is 22.9 Å². The minimum Gasteiger partial charge on any atom is -0.478 e. The fraction of sp³-hybridized carbons (Fsp3) is 0.0385. The third-order valence-electron chi connectivity index (χ3n) is 5.38. The van der Waals surface area contributed by atoms with Gasteiger partial charge in [-0.2, -0.15) is 0 Å². The van der Waals surface area contributed by atoms with Crippen molar-refractivity contribution in [2.45, 2.75) is 6.04 Å². The minimum absolute atomic E-state index is 0.149. The van der Waals surface area contributed by atoms with Crippen LogP contribution in [0.25, 0.3) is 11.8 Å². The van der Waals surface area contributed by atoms with Crippen molar-refractivity contribution in [1.29, 1.82) is 0 Å². The summed E-state index contributed by atoms with van der Waals surface area (Å²) in [6.45, 7) is 0. The molecule has 3 aromatic carbocycles. The number of aromatic carboxylic acids is 1. The molecule has 0 saturated heterocycles. The van der Waals surface area contributed by atoms with Gasteiger partial charge in [-0.05, 0) is 53.1 Å². The van der Waals surface area contributed by atoms with E-state index in [4.69, 9.17) is 21.7 Å². The molecule has 1 N–H and O–H groups in total. The zero-order valence-electron chi connectivity index (χ0n) is 17.2. The SMILES string of the molecule is O=C(O)c1ccc(C=c2sc3n(c2=O)C(c2ccc(Cl)cc2)C=C(c2ccccc2)N=3)cc1. The molecule has 2 heterocycles. The van der Waals surface area contributed by atoms with E-state index in [-0.39, 0.29) is 17.2 Å². The summed E-state index contributed by atoms with van der Waals surface area (Å²) >= 11 is 7.40. The molecule has 5 rings (SSSR count). The van der Waals surface area contributed by atoms with Crippen LogP contribution in [-0.4, -0.2) is 15.6 Å². The van der Waals surface area contributed by atoms with Crippen LogP contribution in [0.5, 0.6) is 0 Å². The van der Waals surface area contributed by atoms with E-state index in [0.717, 1.165) is 22.4 Å². The second-order valence-electron chi connectivity index (χ2n) is 7.52. The summed E-state index contributed by atoms with van der Waals surface area (Å²) in [4.78, 5) is 29.9. The number of rotatable bonds is 4. The molecular weight excluding hydrogens is 456 g/mol. The molecule has 0 bridgehead atoms. The predicted molar refractivity (Wildman–Crippen MR) is 130 cm³/mol. The Morgan fingerprint density at radius 3 is 2.36 bits per heavy atom. The highest BCUT2D eigenvalue weighted by Crippen LogP contribution is 2.27. The van der Waals surface area contributed by atoms with Crippen LogP contribution in [0.3, 0.4) is 0 Å². The van der Waals surface area contributed by atoms with Crippen molar-refractivity contribution < 1.29 is 9.90 Å². The van der Waals surface area contributed by atoms with Crippen molar-refractivity contribution >= 4 is 40.7 Å². The van der Waals surface area contributed by atoms with Crippen LogP contribution < -0.4 is 14.9 Å². The van der Waals surface area contributed by atoms with Gasteiger partial charge in [-0.3, -0.25) is 9.36 Å². The van der Waals surface area contributed by atoms with Crippen LogP contribution in [0.4, 0.5) is 0 Å². The molecule has 1 aliphatic heterocycles. The van der Waals surface area contributed by atoms with Gasteiger partial charge < -0.3 is 5.11 Å². The van der Waals surface area contributed by atoms with Crippen molar-refractivity contribution in [1.82, 2.24) is 4.57 Å². The van der Waals surface area contributed by atoms with Crippen molar-refractivity contribution in [3.8, 4) is 0 Å². The first-order valence-electron chi connectivity index (χ1n) is 10.2. The van der Waals surface area contributed by atoms with Crippen LogP contribution in [0.2, 0.25) is 5.02 Å². The third kappa shape index (κ3) is 4.18. The van der Waals surface area contributed by atoms with Crippen molar-refractivity contribution in [2.75, 3.05) is 0 Å². The maximum absolute atomic E-state index is 13.4. The van der Waals surface area contributed by atoms with Crippen LogP contribution in [-0.2, 0) is 0 Å². The molecule has 0 aliphatic carbocycles. The number of carbonyl (C=O) groups is 1. The highest BCUT2D eigenvalue weighted by Gasteiger charge is 2.22. The highest BCUT2D eigenvalue weighted by molar-refractivity contribution is 7.07. The number of halogens is 1. The van der Waals surface area contributed by atoms with Crippen LogP contribution in [0.1, 0.15) is 33.1 Å². The molecule has 0 spiro atoms. The van der Waals surface area contributed by atoms with E-state index >= 15 is 0 Å². The molecule has 0 amide bonds. The summed E-state index contributed by atoms with van der Waals surface area (Å²) in [6, 6.07) is 23.4. The molecule has 0 saturated carbocycles. The maximum atomic E-state index is 13.4. The van der Waals surface area contributed by atoms with E-state index in [1.54, 1.807) is 22.8 Å². The maximum Gasteiger partial charge on any atom is 0.335 e. The smallest absolute Gasteiger partial charge is 0.335 e. The lowest BCUT2D eigenvalue weighted by Gasteiger charge is -2.19. The fourth-order valence-corrected chi connectivity index (χ4v) is 4.86. The van der Waals surface area contributed by atoms with Gasteiger partial charge in [0, 0.05) is 5.02 Å². The molecule has 1 unspecified atom stereocenters. The summed E-state index contributed by atoms with van der Waals surface area (Å²) < 4.78 is 2.22. The fourth-order valence-electron chi connectivity index (χ4n) is 3.72. The quantitative estimate of drug-likeness (QED) is 0.480. The molecule has 7 heteroatoms. The molecular formula is C26H17ClN2O3S. The summed E-state index contributed by atoms with van der Waals surface area (Å²) in [5, 5.41) is 9.73. The van der Waals surface area contributed by atoms with E-state index in [2.05, 4.69) is 0 Å². The molecule has 1 aliphatic rings. The zero-order chi connectivity index (χ0) is 22.9. The van der Waals surface area contributed by atoms with Gasteiger partial charge in [0.05, 0.1) is 21.8 Å². The van der Waals surface area contributed by atoms with E-state index < -0.39 is 5.97 Å². The average Bonchev–Trinajstić information content (AvgIpc) is 3.15. The normalized spacial score (nSPS) is 15.5. The molecule has 33 heavy (non-hydrogen) atoms. The van der Waals surface area contributed by atoms with Gasteiger partial charge in [-0.15, -0.1) is 0 Å². The lowest BCUT2D eigenvalue weighted by Crippen LogP contribution is -2.36. The number of thiazole rings is 1. The number of benzene rings is 3. The number of hydrogen-bond donors (Lipinski definition) is 1. The molecule has 5 nitrogen and oxygen atoms in total. The Bertz CT molecular complexity index is 1550. The van der Waals surface area contributed by atoms with Crippen molar-refractivity contribution in [2.24, 2.45) is 4.99 Å². The summed E-state index contributed by atoms with van der Waals surface area (Å²) in [5.41, 5.74) is 3.50. The number of fused-ring (bicyclic) bond motifs is 1. The average molecular weight is 473 g/mol. The zero-order valence-corrected chi connectivity index (χ0v) is 18.8. The first-order chi connectivity index (χ1) is 16.0. The van der Waals surface area contributed by atoms with Crippen LogP contribution in [0.15, 0.2) is 94.7 Å². The van der Waals surface area contributed by atoms with E-state index in [0.29, 0.717) is 14.4 Å². The Balaban J connectivity index is 1.68. The lowest BCUT2D eigenvalue weighted by molar-refractivity contribution is 0.0697. The molecule has 162 valence electrons. The Hall–Kier alpha value is -3.74. The number of hydrogen-bond acceptors (Lipinski definition) is 4. The number of nitrogens with zero attached hydrogens (tertiary/aromatic N) is 2. The molecule has 4 aromatic rings. The monoisotopic (exact) mass is 472 g/mol. The van der Waals surface area contributed by atoms with Gasteiger partial charge in [0.2, 0.25) is 0 Å². The largest absolute Gasteiger partial charge is 0.478 e. The van der Waals surface area contributed by atoms with Gasteiger partial charge in [-0.1, -0.05) is 77.5 Å². The van der Waals surface area contributed by atoms with Crippen LogP contribution in [0, 0.1) is 0 Å². The standard InChI is InChI=1S/C26H17ClN2O3S/c27-20-12-10-18(11-13-20)22-15-21(17-4-2-1-3-5-17)28-26-29(22)24(30)23(33-26)14-16-6-8-19(9-7-16)25(31)32/h1-15,22H,(H,31,32).